The molecule has 1 heterocycles. The van der Waals surface area contributed by atoms with Gasteiger partial charge in [0, 0.05) is 6.04 Å². The molecule has 1 rings (SSSR count). The molecule has 0 atom stereocenters. The average Bonchev–Trinajstić information content (AvgIpc) is 2.08. The zero-order valence-corrected chi connectivity index (χ0v) is 8.65. The topological polar surface area (TPSA) is 37.8 Å². The third kappa shape index (κ3) is 2.84. The third-order valence-corrected chi connectivity index (χ3v) is 1.89. The van der Waals surface area contributed by atoms with Crippen molar-refractivity contribution in [2.24, 2.45) is 0 Å². The Morgan fingerprint density at radius 2 is 2.23 bits per heavy atom. The standard InChI is InChI=1S/C8H12FN3S/c1-5(2)11-7-6(9)4-10-8(12-7)13-3/h4-5H,1-3H3,(H,10,11,12). The minimum atomic E-state index is -0.411. The highest BCUT2D eigenvalue weighted by molar-refractivity contribution is 7.98. The molecule has 1 aromatic heterocycles. The first-order chi connectivity index (χ1) is 6.13. The summed E-state index contributed by atoms with van der Waals surface area (Å²) in [5, 5.41) is 3.48. The fourth-order valence-electron chi connectivity index (χ4n) is 0.824. The van der Waals surface area contributed by atoms with Gasteiger partial charge in [-0.05, 0) is 20.1 Å². The van der Waals surface area contributed by atoms with Crippen LogP contribution in [0.4, 0.5) is 10.2 Å². The number of thioether (sulfide) groups is 1. The van der Waals surface area contributed by atoms with E-state index in [-0.39, 0.29) is 11.9 Å². The highest BCUT2D eigenvalue weighted by atomic mass is 32.2. The van der Waals surface area contributed by atoms with E-state index < -0.39 is 5.82 Å². The van der Waals surface area contributed by atoms with Gasteiger partial charge in [-0.3, -0.25) is 0 Å². The molecule has 0 aromatic carbocycles. The van der Waals surface area contributed by atoms with Crippen molar-refractivity contribution in [2.75, 3.05) is 11.6 Å². The minimum Gasteiger partial charge on any atom is -0.365 e. The summed E-state index contributed by atoms with van der Waals surface area (Å²) in [5.74, 6) is -0.138. The largest absolute Gasteiger partial charge is 0.365 e. The molecule has 0 spiro atoms. The number of aromatic nitrogens is 2. The Morgan fingerprint density at radius 1 is 1.54 bits per heavy atom. The lowest BCUT2D eigenvalue weighted by atomic mass is 10.4. The van der Waals surface area contributed by atoms with Crippen LogP contribution in [0.2, 0.25) is 0 Å². The number of nitrogens with one attached hydrogen (secondary N) is 1. The van der Waals surface area contributed by atoms with Crippen molar-refractivity contribution < 1.29 is 4.39 Å². The van der Waals surface area contributed by atoms with Crippen molar-refractivity contribution >= 4 is 17.6 Å². The highest BCUT2D eigenvalue weighted by Crippen LogP contribution is 2.15. The van der Waals surface area contributed by atoms with Crippen LogP contribution in [0.5, 0.6) is 0 Å². The molecular formula is C8H12FN3S. The van der Waals surface area contributed by atoms with Crippen molar-refractivity contribution in [3.05, 3.63) is 12.0 Å². The molecule has 1 N–H and O–H groups in total. The van der Waals surface area contributed by atoms with Crippen molar-refractivity contribution in [2.45, 2.75) is 25.0 Å². The fraction of sp³-hybridized carbons (Fsp3) is 0.500. The number of nitrogens with zero attached hydrogens (tertiary/aromatic N) is 2. The van der Waals surface area contributed by atoms with Crippen LogP contribution >= 0.6 is 11.8 Å². The zero-order chi connectivity index (χ0) is 9.84. The minimum absolute atomic E-state index is 0.166. The Labute approximate surface area is 81.2 Å². The van der Waals surface area contributed by atoms with Crippen molar-refractivity contribution in [3.63, 3.8) is 0 Å². The molecule has 0 amide bonds. The van der Waals surface area contributed by atoms with Gasteiger partial charge in [-0.2, -0.15) is 0 Å². The van der Waals surface area contributed by atoms with E-state index in [2.05, 4.69) is 15.3 Å². The molecule has 0 aliphatic heterocycles. The van der Waals surface area contributed by atoms with Gasteiger partial charge in [-0.25, -0.2) is 14.4 Å². The summed E-state index contributed by atoms with van der Waals surface area (Å²) >= 11 is 1.39. The number of halogens is 1. The van der Waals surface area contributed by atoms with Crippen LogP contribution < -0.4 is 5.32 Å². The SMILES string of the molecule is CSc1ncc(F)c(NC(C)C)n1. The molecule has 72 valence electrons. The normalized spacial score (nSPS) is 10.5. The van der Waals surface area contributed by atoms with E-state index in [1.54, 1.807) is 0 Å². The molecule has 0 unspecified atom stereocenters. The summed E-state index contributed by atoms with van der Waals surface area (Å²) in [5.41, 5.74) is 0. The van der Waals surface area contributed by atoms with Gasteiger partial charge in [-0.15, -0.1) is 0 Å². The van der Waals surface area contributed by atoms with Gasteiger partial charge >= 0.3 is 0 Å². The summed E-state index contributed by atoms with van der Waals surface area (Å²) in [6, 6.07) is 0.166. The van der Waals surface area contributed by atoms with Gasteiger partial charge in [0.05, 0.1) is 6.20 Å². The Morgan fingerprint density at radius 3 is 2.77 bits per heavy atom. The summed E-state index contributed by atoms with van der Waals surface area (Å²) in [6.45, 7) is 3.86. The molecule has 0 saturated carbocycles. The average molecular weight is 201 g/mol. The molecule has 0 fully saturated rings. The van der Waals surface area contributed by atoms with Crippen LogP contribution in [-0.2, 0) is 0 Å². The first-order valence-corrected chi connectivity index (χ1v) is 5.19. The second kappa shape index (κ2) is 4.41. The summed E-state index contributed by atoms with van der Waals surface area (Å²) in [4.78, 5) is 7.80. The molecule has 1 aromatic rings. The lowest BCUT2D eigenvalue weighted by molar-refractivity contribution is 0.606. The molecule has 3 nitrogen and oxygen atoms in total. The van der Waals surface area contributed by atoms with E-state index in [9.17, 15) is 4.39 Å². The molecule has 0 saturated heterocycles. The molecule has 13 heavy (non-hydrogen) atoms. The summed E-state index contributed by atoms with van der Waals surface area (Å²) < 4.78 is 13.1. The number of rotatable bonds is 3. The Balaban J connectivity index is 2.90. The molecule has 0 bridgehead atoms. The van der Waals surface area contributed by atoms with Crippen LogP contribution in [-0.4, -0.2) is 22.3 Å². The van der Waals surface area contributed by atoms with E-state index >= 15 is 0 Å². The second-order valence-corrected chi connectivity index (χ2v) is 3.63. The first kappa shape index (κ1) is 10.2. The molecule has 0 aliphatic carbocycles. The summed E-state index contributed by atoms with van der Waals surface area (Å²) in [7, 11) is 0. The van der Waals surface area contributed by atoms with Crippen LogP contribution in [0.15, 0.2) is 11.4 Å². The maximum Gasteiger partial charge on any atom is 0.189 e. The number of anilines is 1. The predicted molar refractivity (Wildman–Crippen MR) is 52.5 cm³/mol. The number of hydrogen-bond acceptors (Lipinski definition) is 4. The fourth-order valence-corrected chi connectivity index (χ4v) is 1.16. The van der Waals surface area contributed by atoms with E-state index in [0.29, 0.717) is 5.16 Å². The number of hydrogen-bond donors (Lipinski definition) is 1. The zero-order valence-electron chi connectivity index (χ0n) is 7.84. The molecule has 0 aliphatic rings. The second-order valence-electron chi connectivity index (χ2n) is 2.85. The van der Waals surface area contributed by atoms with Gasteiger partial charge in [0.25, 0.3) is 0 Å². The monoisotopic (exact) mass is 201 g/mol. The quantitative estimate of drug-likeness (QED) is 0.600. The lowest BCUT2D eigenvalue weighted by Gasteiger charge is -2.09. The van der Waals surface area contributed by atoms with Crippen molar-refractivity contribution in [1.29, 1.82) is 0 Å². The smallest absolute Gasteiger partial charge is 0.189 e. The van der Waals surface area contributed by atoms with Crippen molar-refractivity contribution in [1.82, 2.24) is 9.97 Å². The van der Waals surface area contributed by atoms with Crippen LogP contribution in [0.3, 0.4) is 0 Å². The van der Waals surface area contributed by atoms with E-state index in [0.717, 1.165) is 0 Å². The van der Waals surface area contributed by atoms with Crippen molar-refractivity contribution in [3.8, 4) is 0 Å². The maximum absolute atomic E-state index is 13.1. The van der Waals surface area contributed by atoms with E-state index in [1.165, 1.54) is 18.0 Å². The van der Waals surface area contributed by atoms with Gasteiger partial charge in [0.2, 0.25) is 0 Å². The highest BCUT2D eigenvalue weighted by Gasteiger charge is 2.06. The van der Waals surface area contributed by atoms with Gasteiger partial charge in [0.1, 0.15) is 0 Å². The van der Waals surface area contributed by atoms with Crippen LogP contribution in [0.1, 0.15) is 13.8 Å². The maximum atomic E-state index is 13.1. The molecule has 0 radical (unpaired) electrons. The van der Waals surface area contributed by atoms with E-state index in [4.69, 9.17) is 0 Å². The Bertz CT molecular complexity index is 291. The van der Waals surface area contributed by atoms with Crippen LogP contribution in [0, 0.1) is 5.82 Å². The van der Waals surface area contributed by atoms with Gasteiger partial charge in [0.15, 0.2) is 16.8 Å². The van der Waals surface area contributed by atoms with Gasteiger partial charge in [-0.1, -0.05) is 11.8 Å². The Hall–Kier alpha value is -0.840. The lowest BCUT2D eigenvalue weighted by Crippen LogP contribution is -2.13. The van der Waals surface area contributed by atoms with Gasteiger partial charge < -0.3 is 5.32 Å². The Kier molecular flexibility index (Phi) is 3.48. The van der Waals surface area contributed by atoms with Crippen LogP contribution in [0.25, 0.3) is 0 Å². The summed E-state index contributed by atoms with van der Waals surface area (Å²) in [6.07, 6.45) is 3.04. The predicted octanol–water partition coefficient (Wildman–Crippen LogP) is 2.16. The first-order valence-electron chi connectivity index (χ1n) is 3.96. The third-order valence-electron chi connectivity index (χ3n) is 1.33. The van der Waals surface area contributed by atoms with E-state index in [1.807, 2.05) is 20.1 Å². The molecule has 5 heteroatoms. The molecular weight excluding hydrogens is 189 g/mol.